The van der Waals surface area contributed by atoms with Crippen molar-refractivity contribution < 1.29 is 18.7 Å². The Morgan fingerprint density at radius 3 is 2.72 bits per heavy atom. The van der Waals surface area contributed by atoms with Crippen molar-refractivity contribution in [2.45, 2.75) is 12.5 Å². The molecule has 1 aliphatic rings. The first-order valence-corrected chi connectivity index (χ1v) is 12.2. The number of carbonyl (C=O) groups is 2. The molecule has 1 amide bonds. The molecule has 0 aliphatic carbocycles. The lowest BCUT2D eigenvalue weighted by Gasteiger charge is -2.41. The highest BCUT2D eigenvalue weighted by Crippen LogP contribution is 2.36. The van der Waals surface area contributed by atoms with Crippen molar-refractivity contribution in [1.82, 2.24) is 19.9 Å². The highest BCUT2D eigenvalue weighted by atomic mass is 19.1. The van der Waals surface area contributed by atoms with Crippen LogP contribution in [0.2, 0.25) is 0 Å². The van der Waals surface area contributed by atoms with Gasteiger partial charge in [0.25, 0.3) is 0 Å². The molecule has 0 N–H and O–H groups in total. The van der Waals surface area contributed by atoms with Crippen LogP contribution in [0.5, 0.6) is 5.75 Å². The summed E-state index contributed by atoms with van der Waals surface area (Å²) >= 11 is 0. The summed E-state index contributed by atoms with van der Waals surface area (Å²) in [5.41, 5.74) is 0.553. The fourth-order valence-electron chi connectivity index (χ4n) is 4.85. The predicted molar refractivity (Wildman–Crippen MR) is 144 cm³/mol. The van der Waals surface area contributed by atoms with Crippen LogP contribution in [0, 0.1) is 17.1 Å². The Morgan fingerprint density at radius 2 is 1.95 bits per heavy atom. The SMILES string of the molecule is C=CC(=O)Oc1cc(-c2ncc3c(N4CCN(C(=O)C=C)C(CC#N)C4)ncnc3c2F)c2ccccc2c1. The maximum absolute atomic E-state index is 16.1. The molecule has 0 saturated carbocycles. The number of halogens is 1. The Hall–Kier alpha value is -5.17. The molecule has 2 aromatic heterocycles. The number of nitrogens with zero attached hydrogens (tertiary/aromatic N) is 6. The molecule has 194 valence electrons. The first kappa shape index (κ1) is 25.5. The van der Waals surface area contributed by atoms with Crippen molar-refractivity contribution in [1.29, 1.82) is 5.26 Å². The summed E-state index contributed by atoms with van der Waals surface area (Å²) in [6.07, 6.45) is 5.22. The average molecular weight is 523 g/mol. The van der Waals surface area contributed by atoms with E-state index in [-0.39, 0.29) is 35.3 Å². The van der Waals surface area contributed by atoms with Gasteiger partial charge in [0.15, 0.2) is 5.82 Å². The molecule has 0 radical (unpaired) electrons. The van der Waals surface area contributed by atoms with Gasteiger partial charge in [-0.25, -0.2) is 19.2 Å². The number of carbonyl (C=O) groups excluding carboxylic acids is 2. The zero-order chi connectivity index (χ0) is 27.5. The van der Waals surface area contributed by atoms with Crippen LogP contribution >= 0.6 is 0 Å². The maximum atomic E-state index is 16.1. The highest BCUT2D eigenvalue weighted by Gasteiger charge is 2.31. The highest BCUT2D eigenvalue weighted by molar-refractivity contribution is 6.00. The van der Waals surface area contributed by atoms with Crippen LogP contribution in [0.15, 0.2) is 74.2 Å². The van der Waals surface area contributed by atoms with Crippen LogP contribution in [0.1, 0.15) is 6.42 Å². The summed E-state index contributed by atoms with van der Waals surface area (Å²) in [5, 5.41) is 11.2. The van der Waals surface area contributed by atoms with Crippen LogP contribution in [0.25, 0.3) is 32.9 Å². The average Bonchev–Trinajstić information content (AvgIpc) is 2.96. The van der Waals surface area contributed by atoms with Crippen molar-refractivity contribution in [3.63, 3.8) is 0 Å². The van der Waals surface area contributed by atoms with E-state index in [0.29, 0.717) is 36.4 Å². The summed E-state index contributed by atoms with van der Waals surface area (Å²) in [6, 6.07) is 12.3. The smallest absolute Gasteiger partial charge is 0.335 e. The van der Waals surface area contributed by atoms with Crippen molar-refractivity contribution in [2.24, 2.45) is 0 Å². The Morgan fingerprint density at radius 1 is 1.13 bits per heavy atom. The number of hydrogen-bond acceptors (Lipinski definition) is 8. The number of pyridine rings is 1. The molecule has 1 saturated heterocycles. The van der Waals surface area contributed by atoms with Crippen molar-refractivity contribution in [3.05, 3.63) is 80.0 Å². The zero-order valence-corrected chi connectivity index (χ0v) is 20.9. The number of aromatic nitrogens is 3. The molecule has 1 fully saturated rings. The zero-order valence-electron chi connectivity index (χ0n) is 20.9. The Bertz CT molecular complexity index is 1680. The lowest BCUT2D eigenvalue weighted by Crippen LogP contribution is -2.55. The largest absolute Gasteiger partial charge is 0.423 e. The number of fused-ring (bicyclic) bond motifs is 2. The van der Waals surface area contributed by atoms with Gasteiger partial charge in [0.2, 0.25) is 5.91 Å². The third-order valence-corrected chi connectivity index (χ3v) is 6.64. The minimum atomic E-state index is -0.650. The normalized spacial score (nSPS) is 15.1. The summed E-state index contributed by atoms with van der Waals surface area (Å²) in [7, 11) is 0. The second kappa shape index (κ2) is 10.7. The fourth-order valence-corrected chi connectivity index (χ4v) is 4.85. The molecule has 9 nitrogen and oxygen atoms in total. The van der Waals surface area contributed by atoms with Crippen LogP contribution in [0.4, 0.5) is 10.2 Å². The Labute approximate surface area is 223 Å². The second-order valence-corrected chi connectivity index (χ2v) is 8.90. The molecule has 1 atom stereocenters. The molecule has 1 unspecified atom stereocenters. The van der Waals surface area contributed by atoms with Crippen LogP contribution in [-0.4, -0.2) is 57.4 Å². The van der Waals surface area contributed by atoms with Gasteiger partial charge >= 0.3 is 5.97 Å². The third-order valence-electron chi connectivity index (χ3n) is 6.64. The number of amides is 1. The lowest BCUT2D eigenvalue weighted by molar-refractivity contribution is -0.129. The minimum Gasteiger partial charge on any atom is -0.423 e. The predicted octanol–water partition coefficient (Wildman–Crippen LogP) is 4.19. The molecule has 10 heteroatoms. The van der Waals surface area contributed by atoms with E-state index in [0.717, 1.165) is 16.8 Å². The number of esters is 1. The first-order chi connectivity index (χ1) is 18.9. The number of piperazine rings is 1. The van der Waals surface area contributed by atoms with E-state index < -0.39 is 11.8 Å². The van der Waals surface area contributed by atoms with Crippen LogP contribution < -0.4 is 9.64 Å². The summed E-state index contributed by atoms with van der Waals surface area (Å²) < 4.78 is 21.4. The molecule has 0 spiro atoms. The molecule has 0 bridgehead atoms. The quantitative estimate of drug-likeness (QED) is 0.211. The van der Waals surface area contributed by atoms with Crippen molar-refractivity contribution in [2.75, 3.05) is 24.5 Å². The van der Waals surface area contributed by atoms with E-state index in [2.05, 4.69) is 34.2 Å². The van der Waals surface area contributed by atoms with Gasteiger partial charge in [-0.2, -0.15) is 5.26 Å². The second-order valence-electron chi connectivity index (χ2n) is 8.90. The molecule has 39 heavy (non-hydrogen) atoms. The topological polar surface area (TPSA) is 112 Å². The van der Waals surface area contributed by atoms with Crippen molar-refractivity contribution >= 4 is 39.4 Å². The molecule has 1 aliphatic heterocycles. The van der Waals surface area contributed by atoms with E-state index in [1.54, 1.807) is 17.0 Å². The monoisotopic (exact) mass is 522 g/mol. The molecular weight excluding hydrogens is 499 g/mol. The van der Waals surface area contributed by atoms with E-state index in [1.165, 1.54) is 18.6 Å². The third kappa shape index (κ3) is 4.78. The fraction of sp³-hybridized carbons (Fsp3) is 0.172. The van der Waals surface area contributed by atoms with Gasteiger partial charge < -0.3 is 14.5 Å². The van der Waals surface area contributed by atoms with Gasteiger partial charge in [0, 0.05) is 37.5 Å². The summed E-state index contributed by atoms with van der Waals surface area (Å²) in [5.74, 6) is -0.834. The molecule has 5 rings (SSSR count). The molecule has 4 aromatic rings. The molecular formula is C29H23FN6O3. The number of hydrogen-bond donors (Lipinski definition) is 0. The van der Waals surface area contributed by atoms with Crippen LogP contribution in [0.3, 0.4) is 0 Å². The van der Waals surface area contributed by atoms with Gasteiger partial charge in [-0.15, -0.1) is 0 Å². The lowest BCUT2D eigenvalue weighted by atomic mass is 10.00. The number of benzene rings is 2. The van der Waals surface area contributed by atoms with Gasteiger partial charge in [0.1, 0.15) is 29.1 Å². The van der Waals surface area contributed by atoms with Gasteiger partial charge in [0.05, 0.1) is 23.9 Å². The van der Waals surface area contributed by atoms with E-state index in [4.69, 9.17) is 4.74 Å². The van der Waals surface area contributed by atoms with Crippen molar-refractivity contribution in [3.8, 4) is 23.1 Å². The van der Waals surface area contributed by atoms with Crippen LogP contribution in [-0.2, 0) is 9.59 Å². The van der Waals surface area contributed by atoms with Gasteiger partial charge in [-0.1, -0.05) is 37.4 Å². The maximum Gasteiger partial charge on any atom is 0.335 e. The number of anilines is 1. The van der Waals surface area contributed by atoms with E-state index >= 15 is 4.39 Å². The summed E-state index contributed by atoms with van der Waals surface area (Å²) in [6.45, 7) is 8.10. The van der Waals surface area contributed by atoms with E-state index in [9.17, 15) is 14.9 Å². The molecule has 2 aromatic carbocycles. The first-order valence-electron chi connectivity index (χ1n) is 12.2. The molecule has 3 heterocycles. The van der Waals surface area contributed by atoms with Gasteiger partial charge in [-0.3, -0.25) is 9.78 Å². The minimum absolute atomic E-state index is 0.0450. The standard InChI is InChI=1S/C29H23FN6O3/c1-3-24(37)36-12-11-35(16-19(36)9-10-31)29-23-15-32-27(26(30)28(23)33-17-34-29)22-14-20(39-25(38)4-2)13-18-7-5-6-8-21(18)22/h3-8,13-15,17,19H,1-2,9,11-12,16H2. The number of ether oxygens (including phenoxy) is 1. The number of rotatable bonds is 6. The van der Waals surface area contributed by atoms with E-state index in [1.807, 2.05) is 29.2 Å². The Kier molecular flexibility index (Phi) is 6.97. The van der Waals surface area contributed by atoms with Gasteiger partial charge in [-0.05, 0) is 29.0 Å². The number of nitriles is 1. The Balaban J connectivity index is 1.58. The summed E-state index contributed by atoms with van der Waals surface area (Å²) in [4.78, 5) is 40.7.